The third-order valence-electron chi connectivity index (χ3n) is 4.58. The van der Waals surface area contributed by atoms with Gasteiger partial charge in [-0.15, -0.1) is 0 Å². The Hall–Kier alpha value is -2.57. The second-order valence-electron chi connectivity index (χ2n) is 7.74. The highest BCUT2D eigenvalue weighted by molar-refractivity contribution is 5.89. The summed E-state index contributed by atoms with van der Waals surface area (Å²) in [6, 6.07) is 7.32. The highest BCUT2D eigenvalue weighted by Gasteiger charge is 2.39. The molecule has 0 bridgehead atoms. The predicted molar refractivity (Wildman–Crippen MR) is 102 cm³/mol. The molecule has 0 spiro atoms. The van der Waals surface area contributed by atoms with Gasteiger partial charge in [-0.1, -0.05) is 12.1 Å². The fourth-order valence-corrected chi connectivity index (χ4v) is 3.05. The van der Waals surface area contributed by atoms with Crippen LogP contribution in [0.15, 0.2) is 24.3 Å². The SMILES string of the molecule is COc1ccc(CC(=O)NCCNC(=O)C2CC(=O)N(C(C)(C)C)C2)cc1. The van der Waals surface area contributed by atoms with Gasteiger partial charge in [0.2, 0.25) is 17.7 Å². The van der Waals surface area contributed by atoms with Gasteiger partial charge in [0.15, 0.2) is 0 Å². The lowest BCUT2D eigenvalue weighted by Crippen LogP contribution is -2.43. The van der Waals surface area contributed by atoms with Crippen LogP contribution < -0.4 is 15.4 Å². The van der Waals surface area contributed by atoms with E-state index < -0.39 is 0 Å². The van der Waals surface area contributed by atoms with E-state index in [1.807, 2.05) is 45.0 Å². The van der Waals surface area contributed by atoms with E-state index in [1.54, 1.807) is 12.0 Å². The maximum absolute atomic E-state index is 12.2. The summed E-state index contributed by atoms with van der Waals surface area (Å²) >= 11 is 0. The van der Waals surface area contributed by atoms with Gasteiger partial charge in [-0.25, -0.2) is 0 Å². The molecular weight excluding hydrogens is 346 g/mol. The number of methoxy groups -OCH3 is 1. The Labute approximate surface area is 160 Å². The zero-order valence-electron chi connectivity index (χ0n) is 16.5. The van der Waals surface area contributed by atoms with Crippen molar-refractivity contribution in [3.05, 3.63) is 29.8 Å². The molecule has 2 N–H and O–H groups in total. The first-order valence-corrected chi connectivity index (χ1v) is 9.18. The Morgan fingerprint density at radius 1 is 1.15 bits per heavy atom. The lowest BCUT2D eigenvalue weighted by molar-refractivity contribution is -0.132. The van der Waals surface area contributed by atoms with Crippen molar-refractivity contribution < 1.29 is 19.1 Å². The molecule has 0 aromatic heterocycles. The zero-order valence-corrected chi connectivity index (χ0v) is 16.5. The van der Waals surface area contributed by atoms with E-state index in [0.717, 1.165) is 11.3 Å². The normalized spacial score (nSPS) is 17.0. The number of nitrogens with zero attached hydrogens (tertiary/aromatic N) is 1. The van der Waals surface area contributed by atoms with Crippen LogP contribution in [0.25, 0.3) is 0 Å². The van der Waals surface area contributed by atoms with Crippen molar-refractivity contribution in [2.24, 2.45) is 5.92 Å². The number of hydrogen-bond acceptors (Lipinski definition) is 4. The molecule has 7 nitrogen and oxygen atoms in total. The van der Waals surface area contributed by atoms with Gasteiger partial charge < -0.3 is 20.3 Å². The lowest BCUT2D eigenvalue weighted by Gasteiger charge is -2.31. The number of amides is 3. The minimum atomic E-state index is -0.327. The summed E-state index contributed by atoms with van der Waals surface area (Å²) in [7, 11) is 1.60. The molecule has 1 aliphatic rings. The summed E-state index contributed by atoms with van der Waals surface area (Å²) in [6.07, 6.45) is 0.516. The molecule has 1 fully saturated rings. The Morgan fingerprint density at radius 2 is 1.78 bits per heavy atom. The van der Waals surface area contributed by atoms with Crippen LogP contribution in [0.1, 0.15) is 32.8 Å². The Morgan fingerprint density at radius 3 is 2.33 bits per heavy atom. The molecule has 1 aromatic carbocycles. The highest BCUT2D eigenvalue weighted by Crippen LogP contribution is 2.25. The summed E-state index contributed by atoms with van der Waals surface area (Å²) in [6.45, 7) is 7.02. The number of likely N-dealkylation sites (tertiary alicyclic amines) is 1. The quantitative estimate of drug-likeness (QED) is 0.699. The smallest absolute Gasteiger partial charge is 0.225 e. The van der Waals surface area contributed by atoms with E-state index in [0.29, 0.717) is 19.6 Å². The highest BCUT2D eigenvalue weighted by atomic mass is 16.5. The van der Waals surface area contributed by atoms with Crippen LogP contribution in [-0.2, 0) is 20.8 Å². The van der Waals surface area contributed by atoms with Gasteiger partial charge in [0.1, 0.15) is 5.75 Å². The molecule has 1 heterocycles. The predicted octanol–water partition coefficient (Wildman–Crippen LogP) is 1.12. The molecule has 0 aliphatic carbocycles. The summed E-state index contributed by atoms with van der Waals surface area (Å²) in [4.78, 5) is 38.0. The van der Waals surface area contributed by atoms with Gasteiger partial charge >= 0.3 is 0 Å². The van der Waals surface area contributed by atoms with Gasteiger partial charge in [-0.2, -0.15) is 0 Å². The van der Waals surface area contributed by atoms with E-state index in [9.17, 15) is 14.4 Å². The van der Waals surface area contributed by atoms with Crippen molar-refractivity contribution in [2.45, 2.75) is 39.2 Å². The van der Waals surface area contributed by atoms with E-state index in [4.69, 9.17) is 4.74 Å². The molecule has 1 saturated heterocycles. The van der Waals surface area contributed by atoms with Gasteiger partial charge in [0.05, 0.1) is 19.4 Å². The number of benzene rings is 1. The summed E-state index contributed by atoms with van der Waals surface area (Å²) in [5.74, 6) is 0.184. The first kappa shape index (κ1) is 20.7. The molecule has 27 heavy (non-hydrogen) atoms. The second-order valence-corrected chi connectivity index (χ2v) is 7.74. The van der Waals surface area contributed by atoms with Crippen LogP contribution in [0.3, 0.4) is 0 Å². The van der Waals surface area contributed by atoms with E-state index in [2.05, 4.69) is 10.6 Å². The molecule has 1 unspecified atom stereocenters. The minimum Gasteiger partial charge on any atom is -0.497 e. The van der Waals surface area contributed by atoms with Crippen LogP contribution in [-0.4, -0.2) is 54.9 Å². The third kappa shape index (κ3) is 5.98. The number of hydrogen-bond donors (Lipinski definition) is 2. The molecule has 1 atom stereocenters. The number of nitrogens with one attached hydrogen (secondary N) is 2. The molecule has 3 amide bonds. The van der Waals surface area contributed by atoms with Crippen LogP contribution in [0, 0.1) is 5.92 Å². The van der Waals surface area contributed by atoms with E-state index in [1.165, 1.54) is 0 Å². The molecule has 2 rings (SSSR count). The van der Waals surface area contributed by atoms with Crippen molar-refractivity contribution in [2.75, 3.05) is 26.7 Å². The third-order valence-corrected chi connectivity index (χ3v) is 4.58. The molecule has 0 radical (unpaired) electrons. The van der Waals surface area contributed by atoms with E-state index in [-0.39, 0.29) is 42.0 Å². The standard InChI is InChI=1S/C20H29N3O4/c1-20(2,3)23-13-15(12-18(23)25)19(26)22-10-9-21-17(24)11-14-5-7-16(27-4)8-6-14/h5-8,15H,9-13H2,1-4H3,(H,21,24)(H,22,26). The Bertz CT molecular complexity index is 679. The lowest BCUT2D eigenvalue weighted by atomic mass is 10.1. The van der Waals surface area contributed by atoms with Gasteiger partial charge in [-0.05, 0) is 38.5 Å². The Kier molecular flexibility index (Phi) is 6.82. The topological polar surface area (TPSA) is 87.7 Å². The van der Waals surface area contributed by atoms with Crippen LogP contribution in [0.5, 0.6) is 5.75 Å². The summed E-state index contributed by atoms with van der Waals surface area (Å²) < 4.78 is 5.09. The minimum absolute atomic E-state index is 0.00967. The number of carbonyl (C=O) groups excluding carboxylic acids is 3. The first-order chi connectivity index (χ1) is 12.7. The average molecular weight is 375 g/mol. The fourth-order valence-electron chi connectivity index (χ4n) is 3.05. The van der Waals surface area contributed by atoms with Gasteiger partial charge in [-0.3, -0.25) is 14.4 Å². The zero-order chi connectivity index (χ0) is 20.0. The molecule has 1 aromatic rings. The molecule has 1 aliphatic heterocycles. The molecule has 148 valence electrons. The van der Waals surface area contributed by atoms with Crippen LogP contribution in [0.4, 0.5) is 0 Å². The van der Waals surface area contributed by atoms with Gasteiger partial charge in [0.25, 0.3) is 0 Å². The number of rotatable bonds is 7. The van der Waals surface area contributed by atoms with Crippen LogP contribution in [0.2, 0.25) is 0 Å². The first-order valence-electron chi connectivity index (χ1n) is 9.18. The average Bonchev–Trinajstić information content (AvgIpc) is 3.01. The van der Waals surface area contributed by atoms with E-state index >= 15 is 0 Å². The van der Waals surface area contributed by atoms with Crippen molar-refractivity contribution >= 4 is 17.7 Å². The van der Waals surface area contributed by atoms with Crippen molar-refractivity contribution in [3.63, 3.8) is 0 Å². The van der Waals surface area contributed by atoms with Crippen LogP contribution >= 0.6 is 0 Å². The summed E-state index contributed by atoms with van der Waals surface area (Å²) in [5.41, 5.74) is 0.616. The molecule has 7 heteroatoms. The summed E-state index contributed by atoms with van der Waals surface area (Å²) in [5, 5.41) is 5.59. The van der Waals surface area contributed by atoms with Gasteiger partial charge in [0, 0.05) is 31.6 Å². The second kappa shape index (κ2) is 8.88. The maximum atomic E-state index is 12.2. The maximum Gasteiger partial charge on any atom is 0.225 e. The number of ether oxygens (including phenoxy) is 1. The molecule has 0 saturated carbocycles. The monoisotopic (exact) mass is 375 g/mol. The fraction of sp³-hybridized carbons (Fsp3) is 0.550. The Balaban J connectivity index is 1.68. The number of carbonyl (C=O) groups is 3. The van der Waals surface area contributed by atoms with Crippen molar-refractivity contribution in [1.29, 1.82) is 0 Å². The van der Waals surface area contributed by atoms with Crippen molar-refractivity contribution in [1.82, 2.24) is 15.5 Å². The van der Waals surface area contributed by atoms with Crippen molar-refractivity contribution in [3.8, 4) is 5.75 Å². The largest absolute Gasteiger partial charge is 0.497 e. The molecular formula is C20H29N3O4.